The summed E-state index contributed by atoms with van der Waals surface area (Å²) in [6.45, 7) is 3.68. The van der Waals surface area contributed by atoms with Crippen molar-refractivity contribution in [2.24, 2.45) is 0 Å². The molecular weight excluding hydrogens is 422 g/mol. The zero-order valence-electron chi connectivity index (χ0n) is 17.1. The van der Waals surface area contributed by atoms with E-state index in [2.05, 4.69) is 5.32 Å². The molecule has 162 valence electrons. The molecule has 1 amide bonds. The fraction of sp³-hybridized carbons (Fsp3) is 0.261. The number of halogens is 1. The second kappa shape index (κ2) is 10.1. The van der Waals surface area contributed by atoms with Gasteiger partial charge in [-0.05, 0) is 36.6 Å². The number of benzene rings is 2. The maximum atomic E-state index is 12.6. The Labute approximate surface area is 183 Å². The van der Waals surface area contributed by atoms with Crippen LogP contribution in [0, 0.1) is 6.92 Å². The van der Waals surface area contributed by atoms with Gasteiger partial charge in [0.15, 0.2) is 0 Å². The lowest BCUT2D eigenvalue weighted by Gasteiger charge is -2.17. The van der Waals surface area contributed by atoms with E-state index in [0.717, 1.165) is 5.56 Å². The second-order valence-electron chi connectivity index (χ2n) is 6.95. The minimum absolute atomic E-state index is 0.0125. The van der Waals surface area contributed by atoms with Crippen LogP contribution in [0.1, 0.15) is 30.9 Å². The highest BCUT2D eigenvalue weighted by atomic mass is 35.5. The van der Waals surface area contributed by atoms with Crippen molar-refractivity contribution in [1.82, 2.24) is 5.32 Å². The highest BCUT2D eigenvalue weighted by Crippen LogP contribution is 2.26. The first-order valence-corrected chi connectivity index (χ1v) is 10.2. The van der Waals surface area contributed by atoms with E-state index < -0.39 is 23.7 Å². The monoisotopic (exact) mass is 443 g/mol. The summed E-state index contributed by atoms with van der Waals surface area (Å²) in [6.07, 6.45) is 0.300. The molecule has 1 unspecified atom stereocenters. The lowest BCUT2D eigenvalue weighted by Crippen LogP contribution is -2.43. The Hall–Kier alpha value is -3.32. The van der Waals surface area contributed by atoms with Gasteiger partial charge in [-0.2, -0.15) is 0 Å². The fourth-order valence-corrected chi connectivity index (χ4v) is 3.15. The third-order valence-electron chi connectivity index (χ3n) is 4.65. The lowest BCUT2D eigenvalue weighted by atomic mass is 10.1. The Bertz CT molecular complexity index is 1140. The van der Waals surface area contributed by atoms with Crippen molar-refractivity contribution < 1.29 is 23.5 Å². The van der Waals surface area contributed by atoms with Gasteiger partial charge in [-0.15, -0.1) is 0 Å². The summed E-state index contributed by atoms with van der Waals surface area (Å²) in [7, 11) is 0. The number of aryl methyl sites for hydroxylation is 1. The average Bonchev–Trinajstić information content (AvgIpc) is 2.76. The SMILES string of the molecule is CCCC(NC(=O)OCc1ccccc1)C(=O)Oc1ccc2c(C)c(Cl)c(=O)oc2c1. The molecule has 0 aliphatic rings. The first-order chi connectivity index (χ1) is 14.9. The molecule has 0 aliphatic carbocycles. The fourth-order valence-electron chi connectivity index (χ4n) is 3.01. The van der Waals surface area contributed by atoms with Crippen LogP contribution < -0.4 is 15.7 Å². The molecule has 0 radical (unpaired) electrons. The van der Waals surface area contributed by atoms with Gasteiger partial charge in [0.2, 0.25) is 0 Å². The first kappa shape index (κ1) is 22.4. The van der Waals surface area contributed by atoms with Gasteiger partial charge < -0.3 is 19.2 Å². The Kier molecular flexibility index (Phi) is 7.31. The molecule has 0 aliphatic heterocycles. The van der Waals surface area contributed by atoms with Crippen molar-refractivity contribution in [3.8, 4) is 5.75 Å². The van der Waals surface area contributed by atoms with Gasteiger partial charge in [-0.25, -0.2) is 14.4 Å². The Morgan fingerprint density at radius 3 is 2.61 bits per heavy atom. The molecule has 3 rings (SSSR count). The van der Waals surface area contributed by atoms with Crippen LogP contribution in [0.25, 0.3) is 11.0 Å². The van der Waals surface area contributed by atoms with Crippen LogP contribution in [0.2, 0.25) is 5.02 Å². The van der Waals surface area contributed by atoms with Gasteiger partial charge in [0.1, 0.15) is 29.0 Å². The summed E-state index contributed by atoms with van der Waals surface area (Å²) in [5.41, 5.74) is 0.999. The second-order valence-corrected chi connectivity index (χ2v) is 7.33. The first-order valence-electron chi connectivity index (χ1n) is 9.81. The van der Waals surface area contributed by atoms with Crippen molar-refractivity contribution in [2.45, 2.75) is 39.3 Å². The van der Waals surface area contributed by atoms with Crippen LogP contribution in [0.4, 0.5) is 4.79 Å². The van der Waals surface area contributed by atoms with Crippen molar-refractivity contribution in [2.75, 3.05) is 0 Å². The van der Waals surface area contributed by atoms with Gasteiger partial charge in [-0.3, -0.25) is 0 Å². The topological polar surface area (TPSA) is 94.8 Å². The Morgan fingerprint density at radius 1 is 1.16 bits per heavy atom. The molecule has 3 aromatic rings. The van der Waals surface area contributed by atoms with Crippen LogP contribution in [0.15, 0.2) is 57.7 Å². The number of carbonyl (C=O) groups is 2. The molecule has 0 fully saturated rings. The number of nitrogens with one attached hydrogen (secondary N) is 1. The smallest absolute Gasteiger partial charge is 0.408 e. The molecule has 0 bridgehead atoms. The van der Waals surface area contributed by atoms with Gasteiger partial charge >= 0.3 is 17.7 Å². The predicted molar refractivity (Wildman–Crippen MR) is 116 cm³/mol. The number of carbonyl (C=O) groups excluding carboxylic acids is 2. The van der Waals surface area contributed by atoms with Crippen molar-refractivity contribution in [3.63, 3.8) is 0 Å². The van der Waals surface area contributed by atoms with E-state index in [0.29, 0.717) is 23.8 Å². The summed E-state index contributed by atoms with van der Waals surface area (Å²) in [5, 5.41) is 3.19. The maximum Gasteiger partial charge on any atom is 0.408 e. The third kappa shape index (κ3) is 5.64. The third-order valence-corrected chi connectivity index (χ3v) is 5.09. The van der Waals surface area contributed by atoms with E-state index in [1.165, 1.54) is 6.07 Å². The summed E-state index contributed by atoms with van der Waals surface area (Å²) < 4.78 is 15.8. The number of hydrogen-bond donors (Lipinski definition) is 1. The predicted octanol–water partition coefficient (Wildman–Crippen LogP) is 4.76. The van der Waals surface area contributed by atoms with Gasteiger partial charge in [0.25, 0.3) is 0 Å². The molecule has 1 aromatic heterocycles. The van der Waals surface area contributed by atoms with Crippen LogP contribution in [-0.4, -0.2) is 18.1 Å². The largest absolute Gasteiger partial charge is 0.445 e. The van der Waals surface area contributed by atoms with E-state index >= 15 is 0 Å². The van der Waals surface area contributed by atoms with Gasteiger partial charge in [0, 0.05) is 11.5 Å². The quantitative estimate of drug-likeness (QED) is 0.321. The van der Waals surface area contributed by atoms with E-state index in [-0.39, 0.29) is 23.0 Å². The molecule has 0 spiro atoms. The number of esters is 1. The number of hydrogen-bond acceptors (Lipinski definition) is 6. The van der Waals surface area contributed by atoms with E-state index in [9.17, 15) is 14.4 Å². The molecule has 1 atom stereocenters. The number of amides is 1. The van der Waals surface area contributed by atoms with Crippen LogP contribution in [-0.2, 0) is 16.1 Å². The highest BCUT2D eigenvalue weighted by Gasteiger charge is 2.23. The molecule has 0 saturated heterocycles. The minimum atomic E-state index is -0.886. The molecule has 2 aromatic carbocycles. The number of fused-ring (bicyclic) bond motifs is 1. The molecule has 31 heavy (non-hydrogen) atoms. The van der Waals surface area contributed by atoms with Crippen LogP contribution in [0.5, 0.6) is 5.75 Å². The van der Waals surface area contributed by atoms with Gasteiger partial charge in [0.05, 0.1) is 0 Å². The minimum Gasteiger partial charge on any atom is -0.445 e. The Balaban J connectivity index is 1.67. The molecule has 8 heteroatoms. The van der Waals surface area contributed by atoms with E-state index in [4.69, 9.17) is 25.5 Å². The highest BCUT2D eigenvalue weighted by molar-refractivity contribution is 6.31. The van der Waals surface area contributed by atoms with Crippen molar-refractivity contribution in [1.29, 1.82) is 0 Å². The van der Waals surface area contributed by atoms with Crippen LogP contribution >= 0.6 is 11.6 Å². The normalized spacial score (nSPS) is 11.7. The van der Waals surface area contributed by atoms with E-state index in [1.807, 2.05) is 37.3 Å². The van der Waals surface area contributed by atoms with Gasteiger partial charge in [-0.1, -0.05) is 55.3 Å². The van der Waals surface area contributed by atoms with Crippen molar-refractivity contribution in [3.05, 3.63) is 75.1 Å². The maximum absolute atomic E-state index is 12.6. The zero-order valence-corrected chi connectivity index (χ0v) is 17.9. The molecule has 7 nitrogen and oxygen atoms in total. The van der Waals surface area contributed by atoms with E-state index in [1.54, 1.807) is 19.1 Å². The Morgan fingerprint density at radius 2 is 1.90 bits per heavy atom. The summed E-state index contributed by atoms with van der Waals surface area (Å²) >= 11 is 5.93. The molecule has 1 heterocycles. The molecule has 1 N–H and O–H groups in total. The summed E-state index contributed by atoms with van der Waals surface area (Å²) in [5.74, 6) is -0.464. The lowest BCUT2D eigenvalue weighted by molar-refractivity contribution is -0.136. The standard InChI is InChI=1S/C23H22ClNO6/c1-3-7-18(25-23(28)29-13-15-8-5-4-6-9-15)21(26)30-16-10-11-17-14(2)20(24)22(27)31-19(17)12-16/h4-6,8-12,18H,3,7,13H2,1-2H3,(H,25,28). The number of rotatable bonds is 7. The number of ether oxygens (including phenoxy) is 2. The molecule has 0 saturated carbocycles. The zero-order chi connectivity index (χ0) is 22.4. The summed E-state index contributed by atoms with van der Waals surface area (Å²) in [6, 6.07) is 13.0. The molecular formula is C23H22ClNO6. The average molecular weight is 444 g/mol. The number of alkyl carbamates (subject to hydrolysis) is 1. The van der Waals surface area contributed by atoms with Crippen LogP contribution in [0.3, 0.4) is 0 Å². The summed E-state index contributed by atoms with van der Waals surface area (Å²) in [4.78, 5) is 36.6. The van der Waals surface area contributed by atoms with Crippen molar-refractivity contribution >= 4 is 34.6 Å².